The molecular formula is C14H22N2O3S. The van der Waals surface area contributed by atoms with Gasteiger partial charge in [-0.05, 0) is 44.0 Å². The topological polar surface area (TPSA) is 69.6 Å². The summed E-state index contributed by atoms with van der Waals surface area (Å²) in [6, 6.07) is 7.78. The van der Waals surface area contributed by atoms with Gasteiger partial charge in [0.05, 0.1) is 11.4 Å². The Morgan fingerprint density at radius 1 is 1.45 bits per heavy atom. The minimum absolute atomic E-state index is 0.131. The van der Waals surface area contributed by atoms with Crippen LogP contribution in [0.3, 0.4) is 0 Å². The summed E-state index contributed by atoms with van der Waals surface area (Å²) in [6.45, 7) is 3.52. The van der Waals surface area contributed by atoms with Crippen LogP contribution in [-0.2, 0) is 10.0 Å². The van der Waals surface area contributed by atoms with Gasteiger partial charge in [-0.25, -0.2) is 8.42 Å². The predicted octanol–water partition coefficient (Wildman–Crippen LogP) is 1.26. The highest BCUT2D eigenvalue weighted by atomic mass is 32.2. The second-order valence-corrected chi connectivity index (χ2v) is 7.10. The third-order valence-electron chi connectivity index (χ3n) is 3.54. The highest BCUT2D eigenvalue weighted by molar-refractivity contribution is 7.93. The molecule has 0 spiro atoms. The fraction of sp³-hybridized carbons (Fsp3) is 0.571. The van der Waals surface area contributed by atoms with Crippen molar-refractivity contribution in [1.82, 2.24) is 5.32 Å². The average molecular weight is 298 g/mol. The van der Waals surface area contributed by atoms with Crippen LogP contribution in [-0.4, -0.2) is 39.0 Å². The number of hydrogen-bond acceptors (Lipinski definition) is 4. The molecule has 2 rings (SSSR count). The summed E-state index contributed by atoms with van der Waals surface area (Å²) in [5.41, 5.74) is 1.80. The number of benzene rings is 1. The lowest BCUT2D eigenvalue weighted by molar-refractivity contribution is 0.284. The number of sulfonamides is 1. The van der Waals surface area contributed by atoms with Crippen LogP contribution >= 0.6 is 0 Å². The SMILES string of the molecule is CC(NCCCO)c1cccc(N2CCCS2(=O)=O)c1. The summed E-state index contributed by atoms with van der Waals surface area (Å²) in [6.07, 6.45) is 1.40. The molecule has 5 nitrogen and oxygen atoms in total. The van der Waals surface area contributed by atoms with E-state index in [-0.39, 0.29) is 18.4 Å². The summed E-state index contributed by atoms with van der Waals surface area (Å²) < 4.78 is 25.4. The third-order valence-corrected chi connectivity index (χ3v) is 5.41. The molecule has 0 aliphatic carbocycles. The number of aliphatic hydroxyl groups excluding tert-OH is 1. The van der Waals surface area contributed by atoms with Crippen LogP contribution in [0.4, 0.5) is 5.69 Å². The number of nitrogens with zero attached hydrogens (tertiary/aromatic N) is 1. The predicted molar refractivity (Wildman–Crippen MR) is 80.3 cm³/mol. The second-order valence-electron chi connectivity index (χ2n) is 5.09. The van der Waals surface area contributed by atoms with Crippen LogP contribution in [0.1, 0.15) is 31.4 Å². The average Bonchev–Trinajstić information content (AvgIpc) is 2.78. The molecule has 1 unspecified atom stereocenters. The molecule has 2 N–H and O–H groups in total. The molecule has 1 aromatic carbocycles. The molecule has 0 bridgehead atoms. The number of rotatable bonds is 6. The van der Waals surface area contributed by atoms with Crippen molar-refractivity contribution in [1.29, 1.82) is 0 Å². The van der Waals surface area contributed by atoms with E-state index >= 15 is 0 Å². The molecule has 1 saturated heterocycles. The molecule has 0 saturated carbocycles. The quantitative estimate of drug-likeness (QED) is 0.776. The van der Waals surface area contributed by atoms with Gasteiger partial charge < -0.3 is 10.4 Å². The van der Waals surface area contributed by atoms with Gasteiger partial charge in [0.15, 0.2) is 0 Å². The minimum atomic E-state index is -3.12. The summed E-state index contributed by atoms with van der Waals surface area (Å²) in [4.78, 5) is 0. The van der Waals surface area contributed by atoms with Crippen molar-refractivity contribution >= 4 is 15.7 Å². The van der Waals surface area contributed by atoms with Crippen molar-refractivity contribution in [2.75, 3.05) is 29.8 Å². The summed E-state index contributed by atoms with van der Waals surface area (Å²) in [5, 5.41) is 12.1. The largest absolute Gasteiger partial charge is 0.396 e. The maximum absolute atomic E-state index is 11.9. The van der Waals surface area contributed by atoms with Gasteiger partial charge in [0, 0.05) is 19.2 Å². The first-order chi connectivity index (χ1) is 9.54. The zero-order valence-corrected chi connectivity index (χ0v) is 12.6. The minimum Gasteiger partial charge on any atom is -0.396 e. The van der Waals surface area contributed by atoms with Crippen LogP contribution < -0.4 is 9.62 Å². The van der Waals surface area contributed by atoms with E-state index in [1.54, 1.807) is 0 Å². The van der Waals surface area contributed by atoms with Crippen LogP contribution in [0.25, 0.3) is 0 Å². The van der Waals surface area contributed by atoms with Gasteiger partial charge in [0.2, 0.25) is 10.0 Å². The Kier molecular flexibility index (Phi) is 5.01. The maximum atomic E-state index is 11.9. The van der Waals surface area contributed by atoms with Gasteiger partial charge in [0.1, 0.15) is 0 Å². The normalized spacial score (nSPS) is 19.2. The number of nitrogens with one attached hydrogen (secondary N) is 1. The molecule has 1 atom stereocenters. The molecular weight excluding hydrogens is 276 g/mol. The standard InChI is InChI=1S/C14H22N2O3S/c1-12(15-7-3-9-17)13-5-2-6-14(11-13)16-8-4-10-20(16,18)19/h2,5-6,11-12,15,17H,3-4,7-10H2,1H3. The lowest BCUT2D eigenvalue weighted by atomic mass is 10.1. The molecule has 112 valence electrons. The molecule has 1 fully saturated rings. The Labute approximate surface area is 120 Å². The lowest BCUT2D eigenvalue weighted by Crippen LogP contribution is -2.25. The summed E-state index contributed by atoms with van der Waals surface area (Å²) in [5.74, 6) is 0.238. The maximum Gasteiger partial charge on any atom is 0.235 e. The molecule has 1 aromatic rings. The van der Waals surface area contributed by atoms with Gasteiger partial charge in [0.25, 0.3) is 0 Å². The number of aliphatic hydroxyl groups is 1. The van der Waals surface area contributed by atoms with E-state index in [2.05, 4.69) is 5.32 Å². The van der Waals surface area contributed by atoms with E-state index in [0.717, 1.165) is 17.8 Å². The summed E-state index contributed by atoms with van der Waals surface area (Å²) in [7, 11) is -3.12. The molecule has 20 heavy (non-hydrogen) atoms. The monoisotopic (exact) mass is 298 g/mol. The molecule has 0 radical (unpaired) electrons. The van der Waals surface area contributed by atoms with E-state index in [1.165, 1.54) is 4.31 Å². The van der Waals surface area contributed by atoms with Crippen molar-refractivity contribution in [2.24, 2.45) is 0 Å². The zero-order chi connectivity index (χ0) is 14.6. The van der Waals surface area contributed by atoms with Gasteiger partial charge in [-0.1, -0.05) is 12.1 Å². The lowest BCUT2D eigenvalue weighted by Gasteiger charge is -2.20. The van der Waals surface area contributed by atoms with Crippen molar-refractivity contribution in [3.8, 4) is 0 Å². The Hall–Kier alpha value is -1.11. The Bertz CT molecular complexity index is 545. The fourth-order valence-electron chi connectivity index (χ4n) is 2.39. The van der Waals surface area contributed by atoms with E-state index in [1.807, 2.05) is 31.2 Å². The number of hydrogen-bond donors (Lipinski definition) is 2. The number of anilines is 1. The van der Waals surface area contributed by atoms with E-state index in [0.29, 0.717) is 19.4 Å². The second kappa shape index (κ2) is 6.56. The van der Waals surface area contributed by atoms with Crippen LogP contribution in [0.5, 0.6) is 0 Å². The van der Waals surface area contributed by atoms with Gasteiger partial charge in [-0.15, -0.1) is 0 Å². The van der Waals surface area contributed by atoms with Crippen molar-refractivity contribution < 1.29 is 13.5 Å². The molecule has 1 heterocycles. The van der Waals surface area contributed by atoms with Crippen LogP contribution in [0.15, 0.2) is 24.3 Å². The molecule has 1 aliphatic rings. The first kappa shape index (κ1) is 15.3. The van der Waals surface area contributed by atoms with E-state index < -0.39 is 10.0 Å². The van der Waals surface area contributed by atoms with Crippen molar-refractivity contribution in [2.45, 2.75) is 25.8 Å². The Morgan fingerprint density at radius 3 is 2.90 bits per heavy atom. The highest BCUT2D eigenvalue weighted by Crippen LogP contribution is 2.26. The van der Waals surface area contributed by atoms with E-state index in [9.17, 15) is 8.42 Å². The van der Waals surface area contributed by atoms with Gasteiger partial charge in [-0.3, -0.25) is 4.31 Å². The van der Waals surface area contributed by atoms with Gasteiger partial charge in [-0.2, -0.15) is 0 Å². The van der Waals surface area contributed by atoms with Crippen LogP contribution in [0, 0.1) is 0 Å². The van der Waals surface area contributed by atoms with E-state index in [4.69, 9.17) is 5.11 Å². The van der Waals surface area contributed by atoms with Crippen molar-refractivity contribution in [3.05, 3.63) is 29.8 Å². The molecule has 0 amide bonds. The first-order valence-corrected chi connectivity index (χ1v) is 8.60. The third kappa shape index (κ3) is 3.50. The van der Waals surface area contributed by atoms with Crippen LogP contribution in [0.2, 0.25) is 0 Å². The first-order valence-electron chi connectivity index (χ1n) is 6.99. The Balaban J connectivity index is 2.12. The summed E-state index contributed by atoms with van der Waals surface area (Å²) >= 11 is 0. The Morgan fingerprint density at radius 2 is 2.25 bits per heavy atom. The molecule has 6 heteroatoms. The van der Waals surface area contributed by atoms with Gasteiger partial charge >= 0.3 is 0 Å². The fourth-order valence-corrected chi connectivity index (χ4v) is 3.95. The zero-order valence-electron chi connectivity index (χ0n) is 11.7. The smallest absolute Gasteiger partial charge is 0.235 e. The highest BCUT2D eigenvalue weighted by Gasteiger charge is 2.28. The van der Waals surface area contributed by atoms with Crippen molar-refractivity contribution in [3.63, 3.8) is 0 Å². The molecule has 0 aromatic heterocycles. The molecule has 1 aliphatic heterocycles.